The Bertz CT molecular complexity index is 295. The molecule has 0 aromatic carbocycles. The van der Waals surface area contributed by atoms with E-state index in [9.17, 15) is 0 Å². The van der Waals surface area contributed by atoms with Gasteiger partial charge in [0.25, 0.3) is 0 Å². The van der Waals surface area contributed by atoms with E-state index >= 15 is 0 Å². The van der Waals surface area contributed by atoms with Gasteiger partial charge >= 0.3 is 0 Å². The molecule has 18 heavy (non-hydrogen) atoms. The lowest BCUT2D eigenvalue weighted by molar-refractivity contribution is 0.273. The first-order chi connectivity index (χ1) is 8.41. The van der Waals surface area contributed by atoms with Gasteiger partial charge < -0.3 is 9.16 Å². The van der Waals surface area contributed by atoms with Crippen molar-refractivity contribution in [1.29, 1.82) is 0 Å². The van der Waals surface area contributed by atoms with Crippen LogP contribution in [-0.2, 0) is 9.16 Å². The van der Waals surface area contributed by atoms with Crippen LogP contribution in [0.2, 0.25) is 16.6 Å². The van der Waals surface area contributed by atoms with E-state index in [1.807, 2.05) is 6.08 Å². The molecule has 0 N–H and O–H groups in total. The molecule has 0 fully saturated rings. The van der Waals surface area contributed by atoms with Gasteiger partial charge in [0, 0.05) is 0 Å². The SMILES string of the molecule is CC(C)[Si](OCC1=CCOC=C1)(C(C)C)C(C)C. The topological polar surface area (TPSA) is 18.5 Å². The Morgan fingerprint density at radius 2 is 1.67 bits per heavy atom. The molecule has 0 aromatic rings. The van der Waals surface area contributed by atoms with Gasteiger partial charge in [-0.25, -0.2) is 0 Å². The summed E-state index contributed by atoms with van der Waals surface area (Å²) in [6.07, 6.45) is 5.89. The molecule has 1 aliphatic rings. The number of rotatable bonds is 6. The summed E-state index contributed by atoms with van der Waals surface area (Å²) in [5.74, 6) is 0. The summed E-state index contributed by atoms with van der Waals surface area (Å²) < 4.78 is 11.7. The molecular formula is C15H28O2Si. The van der Waals surface area contributed by atoms with Crippen LogP contribution < -0.4 is 0 Å². The van der Waals surface area contributed by atoms with Gasteiger partial charge in [-0.2, -0.15) is 0 Å². The molecule has 0 saturated carbocycles. The van der Waals surface area contributed by atoms with Crippen molar-refractivity contribution in [3.8, 4) is 0 Å². The summed E-state index contributed by atoms with van der Waals surface area (Å²) in [6, 6.07) is 0. The highest BCUT2D eigenvalue weighted by molar-refractivity contribution is 6.77. The van der Waals surface area contributed by atoms with Gasteiger partial charge in [-0.1, -0.05) is 41.5 Å². The Labute approximate surface area is 113 Å². The van der Waals surface area contributed by atoms with Gasteiger partial charge in [-0.05, 0) is 34.3 Å². The Morgan fingerprint density at radius 3 is 2.06 bits per heavy atom. The van der Waals surface area contributed by atoms with Crippen LogP contribution in [0.15, 0.2) is 24.0 Å². The molecule has 3 heteroatoms. The second-order valence-corrected chi connectivity index (χ2v) is 11.5. The van der Waals surface area contributed by atoms with Crippen molar-refractivity contribution >= 4 is 8.32 Å². The Kier molecular flexibility index (Phi) is 5.67. The highest BCUT2D eigenvalue weighted by atomic mass is 28.4. The van der Waals surface area contributed by atoms with Crippen LogP contribution in [0, 0.1) is 0 Å². The number of ether oxygens (including phenoxy) is 1. The molecule has 1 rings (SSSR count). The maximum absolute atomic E-state index is 6.52. The molecule has 0 spiro atoms. The normalized spacial score (nSPS) is 16.4. The fourth-order valence-corrected chi connectivity index (χ4v) is 8.65. The van der Waals surface area contributed by atoms with Gasteiger partial charge in [0.15, 0.2) is 0 Å². The molecule has 104 valence electrons. The minimum absolute atomic E-state index is 0.641. The molecule has 0 amide bonds. The van der Waals surface area contributed by atoms with Crippen LogP contribution in [-0.4, -0.2) is 21.5 Å². The van der Waals surface area contributed by atoms with E-state index < -0.39 is 8.32 Å². The maximum Gasteiger partial charge on any atom is 0.200 e. The average molecular weight is 268 g/mol. The Morgan fingerprint density at radius 1 is 1.11 bits per heavy atom. The first-order valence-corrected chi connectivity index (χ1v) is 9.16. The van der Waals surface area contributed by atoms with Crippen LogP contribution in [0.3, 0.4) is 0 Å². The fraction of sp³-hybridized carbons (Fsp3) is 0.733. The summed E-state index contributed by atoms with van der Waals surface area (Å²) in [5, 5.41) is 0. The van der Waals surface area contributed by atoms with Crippen LogP contribution in [0.1, 0.15) is 41.5 Å². The van der Waals surface area contributed by atoms with Crippen molar-refractivity contribution in [1.82, 2.24) is 0 Å². The molecule has 2 nitrogen and oxygen atoms in total. The molecule has 0 atom stereocenters. The van der Waals surface area contributed by atoms with Crippen LogP contribution in [0.5, 0.6) is 0 Å². The van der Waals surface area contributed by atoms with E-state index in [0.29, 0.717) is 23.2 Å². The summed E-state index contributed by atoms with van der Waals surface area (Å²) in [4.78, 5) is 0. The monoisotopic (exact) mass is 268 g/mol. The molecule has 0 unspecified atom stereocenters. The molecule has 1 aliphatic heterocycles. The first-order valence-electron chi connectivity index (χ1n) is 7.02. The Balaban J connectivity index is 2.78. The summed E-state index contributed by atoms with van der Waals surface area (Å²) in [6.45, 7) is 15.3. The first kappa shape index (κ1) is 15.5. The quantitative estimate of drug-likeness (QED) is 0.653. The average Bonchev–Trinajstić information content (AvgIpc) is 2.29. The minimum Gasteiger partial charge on any atom is -0.497 e. The molecule has 0 aliphatic carbocycles. The van der Waals surface area contributed by atoms with E-state index in [0.717, 1.165) is 6.61 Å². The predicted octanol–water partition coefficient (Wildman–Crippen LogP) is 4.65. The van der Waals surface area contributed by atoms with Crippen LogP contribution in [0.25, 0.3) is 0 Å². The van der Waals surface area contributed by atoms with Gasteiger partial charge in [0.05, 0.1) is 12.9 Å². The fourth-order valence-electron chi connectivity index (χ4n) is 3.23. The van der Waals surface area contributed by atoms with E-state index in [1.165, 1.54) is 5.57 Å². The van der Waals surface area contributed by atoms with Crippen molar-refractivity contribution < 1.29 is 9.16 Å². The second kappa shape index (κ2) is 6.57. The lowest BCUT2D eigenvalue weighted by Gasteiger charge is -2.42. The van der Waals surface area contributed by atoms with Gasteiger partial charge in [-0.3, -0.25) is 0 Å². The van der Waals surface area contributed by atoms with Crippen molar-refractivity contribution in [2.45, 2.75) is 58.2 Å². The standard InChI is InChI=1S/C15H28O2Si/c1-12(2)18(13(3)4,14(5)6)17-11-15-7-9-16-10-8-15/h7-9,12-14H,10-11H2,1-6H3. The van der Waals surface area contributed by atoms with E-state index in [1.54, 1.807) is 6.26 Å². The van der Waals surface area contributed by atoms with E-state index in [-0.39, 0.29) is 0 Å². The lowest BCUT2D eigenvalue weighted by Crippen LogP contribution is -2.48. The van der Waals surface area contributed by atoms with E-state index in [2.05, 4.69) is 47.6 Å². The van der Waals surface area contributed by atoms with Crippen molar-refractivity contribution in [3.05, 3.63) is 24.0 Å². The van der Waals surface area contributed by atoms with Crippen molar-refractivity contribution in [2.24, 2.45) is 0 Å². The second-order valence-electron chi connectivity index (χ2n) is 6.02. The number of hydrogen-bond donors (Lipinski definition) is 0. The molecule has 1 heterocycles. The van der Waals surface area contributed by atoms with Crippen molar-refractivity contribution in [3.63, 3.8) is 0 Å². The molecule has 0 aromatic heterocycles. The summed E-state index contributed by atoms with van der Waals surface area (Å²) >= 11 is 0. The predicted molar refractivity (Wildman–Crippen MR) is 80.2 cm³/mol. The van der Waals surface area contributed by atoms with Crippen molar-refractivity contribution in [2.75, 3.05) is 13.2 Å². The van der Waals surface area contributed by atoms with Gasteiger partial charge in [0.2, 0.25) is 8.32 Å². The molecule has 0 radical (unpaired) electrons. The third-order valence-corrected chi connectivity index (χ3v) is 10.1. The zero-order chi connectivity index (χ0) is 13.8. The highest BCUT2D eigenvalue weighted by Crippen LogP contribution is 2.42. The van der Waals surface area contributed by atoms with Gasteiger partial charge in [0.1, 0.15) is 6.61 Å². The third kappa shape index (κ3) is 3.26. The highest BCUT2D eigenvalue weighted by Gasteiger charge is 2.44. The minimum atomic E-state index is -1.73. The zero-order valence-electron chi connectivity index (χ0n) is 12.7. The number of hydrogen-bond acceptors (Lipinski definition) is 2. The van der Waals surface area contributed by atoms with Crippen LogP contribution >= 0.6 is 0 Å². The Hall–Kier alpha value is -0.543. The lowest BCUT2D eigenvalue weighted by atomic mass is 10.2. The maximum atomic E-state index is 6.52. The van der Waals surface area contributed by atoms with Crippen LogP contribution in [0.4, 0.5) is 0 Å². The zero-order valence-corrected chi connectivity index (χ0v) is 13.7. The molecule has 0 bridgehead atoms. The summed E-state index contributed by atoms with van der Waals surface area (Å²) in [7, 11) is -1.73. The third-order valence-electron chi connectivity index (χ3n) is 4.02. The smallest absolute Gasteiger partial charge is 0.200 e. The van der Waals surface area contributed by atoms with E-state index in [4.69, 9.17) is 9.16 Å². The van der Waals surface area contributed by atoms with Gasteiger partial charge in [-0.15, -0.1) is 0 Å². The largest absolute Gasteiger partial charge is 0.497 e. The summed E-state index contributed by atoms with van der Waals surface area (Å²) in [5.41, 5.74) is 3.17. The molecular weight excluding hydrogens is 240 g/mol. The molecule has 0 saturated heterocycles.